The summed E-state index contributed by atoms with van der Waals surface area (Å²) in [5.74, 6) is 0.795. The third-order valence-corrected chi connectivity index (χ3v) is 6.69. The topological polar surface area (TPSA) is 0 Å². The molecule has 25 heavy (non-hydrogen) atoms. The highest BCUT2D eigenvalue weighted by Crippen LogP contribution is 2.41. The van der Waals surface area contributed by atoms with Crippen molar-refractivity contribution in [1.29, 1.82) is 0 Å². The Morgan fingerprint density at radius 3 is 2.56 bits per heavy atom. The Kier molecular flexibility index (Phi) is 3.81. The average Bonchev–Trinajstić information content (AvgIpc) is 2.67. The van der Waals surface area contributed by atoms with Crippen molar-refractivity contribution >= 4 is 11.6 Å². The summed E-state index contributed by atoms with van der Waals surface area (Å²) in [6.45, 7) is 4.14. The minimum absolute atomic E-state index is 0.795. The quantitative estimate of drug-likeness (QED) is 0.661. The minimum atomic E-state index is 0.795. The van der Waals surface area contributed by atoms with E-state index in [-0.39, 0.29) is 0 Å². The van der Waals surface area contributed by atoms with Crippen LogP contribution in [0, 0.1) is 6.92 Å². The zero-order chi connectivity index (χ0) is 16.8. The second-order valence-electron chi connectivity index (χ2n) is 8.18. The van der Waals surface area contributed by atoms with Gasteiger partial charge in [0.15, 0.2) is 0 Å². The SMILES string of the molecule is [CH2]C1=CCC2=C3CC=c4ccc(C5CCCCC5)cc4=C3CCC2=C1. The molecular weight excluding hydrogens is 300 g/mol. The second-order valence-corrected chi connectivity index (χ2v) is 8.18. The number of fused-ring (bicyclic) bond motifs is 3. The van der Waals surface area contributed by atoms with Crippen LogP contribution in [0.4, 0.5) is 0 Å². The van der Waals surface area contributed by atoms with Crippen molar-refractivity contribution in [1.82, 2.24) is 0 Å². The Balaban J connectivity index is 1.64. The van der Waals surface area contributed by atoms with Gasteiger partial charge in [-0.3, -0.25) is 0 Å². The van der Waals surface area contributed by atoms with Gasteiger partial charge in [-0.15, -0.1) is 0 Å². The normalized spacial score (nSPS) is 23.2. The van der Waals surface area contributed by atoms with E-state index in [9.17, 15) is 0 Å². The minimum Gasteiger partial charge on any atom is -0.0769 e. The van der Waals surface area contributed by atoms with Crippen molar-refractivity contribution in [2.45, 2.75) is 63.7 Å². The first kappa shape index (κ1) is 15.4. The van der Waals surface area contributed by atoms with Crippen LogP contribution in [0.3, 0.4) is 0 Å². The molecule has 5 rings (SSSR count). The highest BCUT2D eigenvalue weighted by atomic mass is 14.3. The lowest BCUT2D eigenvalue weighted by atomic mass is 9.75. The van der Waals surface area contributed by atoms with Crippen LogP contribution in [-0.4, -0.2) is 0 Å². The van der Waals surface area contributed by atoms with Crippen molar-refractivity contribution in [2.75, 3.05) is 0 Å². The Labute approximate surface area is 151 Å². The van der Waals surface area contributed by atoms with E-state index in [2.05, 4.69) is 43.4 Å². The number of rotatable bonds is 1. The predicted octanol–water partition coefficient (Wildman–Crippen LogP) is 5.25. The van der Waals surface area contributed by atoms with Crippen LogP contribution in [0.1, 0.15) is 69.3 Å². The van der Waals surface area contributed by atoms with E-state index in [0.717, 1.165) is 18.8 Å². The molecule has 0 nitrogen and oxygen atoms in total. The van der Waals surface area contributed by atoms with E-state index in [0.29, 0.717) is 0 Å². The van der Waals surface area contributed by atoms with E-state index in [1.165, 1.54) is 55.7 Å². The molecule has 4 aliphatic carbocycles. The first-order valence-corrected chi connectivity index (χ1v) is 10.1. The van der Waals surface area contributed by atoms with Gasteiger partial charge < -0.3 is 0 Å². The molecule has 0 heteroatoms. The Bertz CT molecular complexity index is 927. The maximum atomic E-state index is 4.14. The lowest BCUT2D eigenvalue weighted by Crippen LogP contribution is -2.32. The molecule has 0 unspecified atom stereocenters. The van der Waals surface area contributed by atoms with E-state index in [1.807, 2.05) is 0 Å². The van der Waals surface area contributed by atoms with Crippen LogP contribution in [0.5, 0.6) is 0 Å². The summed E-state index contributed by atoms with van der Waals surface area (Å²) in [5.41, 5.74) is 9.20. The maximum Gasteiger partial charge on any atom is -0.00823 e. The molecule has 0 bridgehead atoms. The lowest BCUT2D eigenvalue weighted by molar-refractivity contribution is 0.443. The van der Waals surface area contributed by atoms with Crippen LogP contribution < -0.4 is 10.4 Å². The Morgan fingerprint density at radius 1 is 0.840 bits per heavy atom. The standard InChI is InChI=1S/C25H27/c1-17-7-12-22-21(15-17)11-14-24-23(22)13-10-19-8-9-20(16-25(19)24)18-5-3-2-4-6-18/h7-10,15-16,18H,1-6,11-14H2. The molecule has 1 radical (unpaired) electrons. The van der Waals surface area contributed by atoms with Gasteiger partial charge in [-0.2, -0.15) is 0 Å². The molecule has 0 heterocycles. The monoisotopic (exact) mass is 327 g/mol. The fourth-order valence-electron chi connectivity index (χ4n) is 5.33. The molecule has 0 atom stereocenters. The summed E-state index contributed by atoms with van der Waals surface area (Å²) < 4.78 is 0. The zero-order valence-electron chi connectivity index (χ0n) is 15.1. The molecule has 1 fully saturated rings. The van der Waals surface area contributed by atoms with Gasteiger partial charge in [0.05, 0.1) is 0 Å². The third kappa shape index (κ3) is 2.67. The molecule has 0 spiro atoms. The van der Waals surface area contributed by atoms with Crippen LogP contribution in [0.25, 0.3) is 11.6 Å². The molecule has 4 aliphatic rings. The van der Waals surface area contributed by atoms with Crippen LogP contribution in [-0.2, 0) is 0 Å². The van der Waals surface area contributed by atoms with Crippen LogP contribution in [0.2, 0.25) is 0 Å². The molecule has 127 valence electrons. The van der Waals surface area contributed by atoms with Crippen molar-refractivity contribution in [3.05, 3.63) is 75.6 Å². The molecule has 0 aromatic heterocycles. The van der Waals surface area contributed by atoms with E-state index < -0.39 is 0 Å². The summed E-state index contributed by atoms with van der Waals surface area (Å²) in [7, 11) is 0. The lowest BCUT2D eigenvalue weighted by Gasteiger charge is -2.29. The number of hydrogen-bond donors (Lipinski definition) is 0. The van der Waals surface area contributed by atoms with E-state index in [1.54, 1.807) is 33.1 Å². The third-order valence-electron chi connectivity index (χ3n) is 6.69. The fourth-order valence-corrected chi connectivity index (χ4v) is 5.33. The summed E-state index contributed by atoms with van der Waals surface area (Å²) in [4.78, 5) is 0. The largest absolute Gasteiger partial charge is 0.0769 e. The molecule has 1 aromatic rings. The molecule has 1 saturated carbocycles. The molecule has 0 aliphatic heterocycles. The van der Waals surface area contributed by atoms with Gasteiger partial charge in [0, 0.05) is 0 Å². The van der Waals surface area contributed by atoms with E-state index >= 15 is 0 Å². The summed E-state index contributed by atoms with van der Waals surface area (Å²) in [6.07, 6.45) is 18.7. The highest BCUT2D eigenvalue weighted by molar-refractivity contribution is 5.76. The van der Waals surface area contributed by atoms with Gasteiger partial charge in [0.2, 0.25) is 0 Å². The fraction of sp³-hybridized carbons (Fsp3) is 0.400. The van der Waals surface area contributed by atoms with Gasteiger partial charge in [-0.05, 0) is 89.7 Å². The van der Waals surface area contributed by atoms with Crippen LogP contribution >= 0.6 is 0 Å². The van der Waals surface area contributed by atoms with Gasteiger partial charge in [-0.25, -0.2) is 0 Å². The maximum absolute atomic E-state index is 4.14. The first-order valence-electron chi connectivity index (χ1n) is 10.1. The highest BCUT2D eigenvalue weighted by Gasteiger charge is 2.24. The molecular formula is C25H27. The molecule has 0 N–H and O–H groups in total. The van der Waals surface area contributed by atoms with Gasteiger partial charge in [0.25, 0.3) is 0 Å². The number of allylic oxidation sites excluding steroid dienone is 6. The average molecular weight is 327 g/mol. The number of hydrogen-bond acceptors (Lipinski definition) is 0. The Hall–Kier alpha value is -1.82. The molecule has 1 aromatic carbocycles. The van der Waals surface area contributed by atoms with Crippen LogP contribution in [0.15, 0.2) is 52.6 Å². The van der Waals surface area contributed by atoms with Gasteiger partial charge >= 0.3 is 0 Å². The van der Waals surface area contributed by atoms with Crippen molar-refractivity contribution in [3.8, 4) is 0 Å². The van der Waals surface area contributed by atoms with Gasteiger partial charge in [-0.1, -0.05) is 61.3 Å². The van der Waals surface area contributed by atoms with Crippen molar-refractivity contribution < 1.29 is 0 Å². The zero-order valence-corrected chi connectivity index (χ0v) is 15.1. The molecule has 0 amide bonds. The number of benzene rings is 1. The predicted molar refractivity (Wildman–Crippen MR) is 106 cm³/mol. The van der Waals surface area contributed by atoms with Gasteiger partial charge in [0.1, 0.15) is 0 Å². The molecule has 0 saturated heterocycles. The second kappa shape index (κ2) is 6.16. The summed E-state index contributed by atoms with van der Waals surface area (Å²) in [6, 6.07) is 7.36. The van der Waals surface area contributed by atoms with Crippen molar-refractivity contribution in [3.63, 3.8) is 0 Å². The summed E-state index contributed by atoms with van der Waals surface area (Å²) >= 11 is 0. The summed E-state index contributed by atoms with van der Waals surface area (Å²) in [5, 5.41) is 3.01. The van der Waals surface area contributed by atoms with Crippen molar-refractivity contribution in [2.24, 2.45) is 0 Å². The first-order chi connectivity index (χ1) is 12.3. The smallest absolute Gasteiger partial charge is 0.00823 e. The van der Waals surface area contributed by atoms with E-state index in [4.69, 9.17) is 0 Å². The Morgan fingerprint density at radius 2 is 1.68 bits per heavy atom.